The molecule has 2 aromatic heterocycles. The number of nitro benzene ring substituents is 1. The first-order valence-corrected chi connectivity index (χ1v) is 7.40. The van der Waals surface area contributed by atoms with Gasteiger partial charge in [0, 0.05) is 35.2 Å². The largest absolute Gasteiger partial charge is 0.448 e. The third-order valence-corrected chi connectivity index (χ3v) is 4.12. The predicted molar refractivity (Wildman–Crippen MR) is 85.9 cm³/mol. The quantitative estimate of drug-likeness (QED) is 0.535. The van der Waals surface area contributed by atoms with E-state index in [4.69, 9.17) is 4.42 Å². The van der Waals surface area contributed by atoms with E-state index in [1.165, 1.54) is 24.3 Å². The molecule has 24 heavy (non-hydrogen) atoms. The lowest BCUT2D eigenvalue weighted by Gasteiger charge is -2.19. The highest BCUT2D eigenvalue weighted by atomic mass is 16.6. The fraction of sp³-hybridized carbons (Fsp3) is 0.118. The van der Waals surface area contributed by atoms with Crippen LogP contribution in [0.5, 0.6) is 0 Å². The number of fused-ring (bicyclic) bond motifs is 2. The zero-order chi connectivity index (χ0) is 16.7. The smallest absolute Gasteiger partial charge is 0.269 e. The van der Waals surface area contributed by atoms with Gasteiger partial charge in [-0.2, -0.15) is 0 Å². The van der Waals surface area contributed by atoms with Crippen molar-refractivity contribution in [1.82, 2.24) is 4.57 Å². The molecule has 0 aliphatic carbocycles. The van der Waals surface area contributed by atoms with E-state index in [0.29, 0.717) is 24.5 Å². The molecule has 0 N–H and O–H groups in total. The summed E-state index contributed by atoms with van der Waals surface area (Å²) in [5.74, 6) is 0.262. The van der Waals surface area contributed by atoms with Crippen LogP contribution in [0.4, 0.5) is 11.6 Å². The summed E-state index contributed by atoms with van der Waals surface area (Å²) < 4.78 is 7.60. The van der Waals surface area contributed by atoms with E-state index in [0.717, 1.165) is 11.3 Å². The second-order valence-corrected chi connectivity index (χ2v) is 5.57. The summed E-state index contributed by atoms with van der Waals surface area (Å²) in [5, 5.41) is 10.8. The summed E-state index contributed by atoms with van der Waals surface area (Å²) >= 11 is 0. The number of amides is 1. The Morgan fingerprint density at radius 1 is 1.12 bits per heavy atom. The average molecular weight is 323 g/mol. The van der Waals surface area contributed by atoms with Crippen molar-refractivity contribution in [3.8, 4) is 0 Å². The van der Waals surface area contributed by atoms with Gasteiger partial charge in [-0.25, -0.2) is 0 Å². The number of hydrogen-bond donors (Lipinski definition) is 0. The van der Waals surface area contributed by atoms with Gasteiger partial charge in [0.2, 0.25) is 5.88 Å². The highest BCUT2D eigenvalue weighted by Gasteiger charge is 2.27. The lowest BCUT2D eigenvalue weighted by molar-refractivity contribution is -0.384. The van der Waals surface area contributed by atoms with Crippen LogP contribution in [0.3, 0.4) is 0 Å². The van der Waals surface area contributed by atoms with Gasteiger partial charge in [-0.05, 0) is 30.3 Å². The summed E-state index contributed by atoms with van der Waals surface area (Å²) in [6.45, 7) is 1.02. The molecule has 0 radical (unpaired) electrons. The van der Waals surface area contributed by atoms with E-state index in [1.54, 1.807) is 11.2 Å². The Morgan fingerprint density at radius 2 is 1.92 bits per heavy atom. The zero-order valence-corrected chi connectivity index (χ0v) is 12.6. The number of furan rings is 1. The summed E-state index contributed by atoms with van der Waals surface area (Å²) in [6.07, 6.45) is 3.53. The van der Waals surface area contributed by atoms with E-state index >= 15 is 0 Å². The van der Waals surface area contributed by atoms with Crippen molar-refractivity contribution < 1.29 is 14.1 Å². The van der Waals surface area contributed by atoms with Gasteiger partial charge < -0.3 is 8.98 Å². The SMILES string of the molecule is O=C(c1ccc([N+](=O)[O-])cc1)N1Cc2cccn2Cc2ccoc21. The summed E-state index contributed by atoms with van der Waals surface area (Å²) in [5.41, 5.74) is 2.25. The molecule has 1 aliphatic rings. The molecule has 7 heteroatoms. The second kappa shape index (κ2) is 5.38. The number of hydrogen-bond acceptors (Lipinski definition) is 4. The maximum atomic E-state index is 12.9. The molecule has 1 amide bonds. The Bertz CT molecular complexity index is 923. The molecule has 7 nitrogen and oxygen atoms in total. The third kappa shape index (κ3) is 2.26. The number of non-ortho nitro benzene ring substituents is 1. The fourth-order valence-electron chi connectivity index (χ4n) is 2.90. The lowest BCUT2D eigenvalue weighted by Crippen LogP contribution is -2.30. The van der Waals surface area contributed by atoms with Crippen molar-refractivity contribution in [2.24, 2.45) is 0 Å². The maximum Gasteiger partial charge on any atom is 0.269 e. The minimum atomic E-state index is -0.488. The van der Waals surface area contributed by atoms with E-state index in [1.807, 2.05) is 24.4 Å². The van der Waals surface area contributed by atoms with Crippen LogP contribution in [0, 0.1) is 10.1 Å². The fourth-order valence-corrected chi connectivity index (χ4v) is 2.90. The topological polar surface area (TPSA) is 81.5 Å². The lowest BCUT2D eigenvalue weighted by atomic mass is 10.1. The van der Waals surface area contributed by atoms with E-state index < -0.39 is 4.92 Å². The predicted octanol–water partition coefficient (Wildman–Crippen LogP) is 3.20. The molecule has 0 saturated heterocycles. The standard InChI is InChI=1S/C17H13N3O4/c21-16(12-3-5-14(6-4-12)20(22)23)19-11-15-2-1-8-18(15)10-13-7-9-24-17(13)19/h1-9H,10-11H2. The van der Waals surface area contributed by atoms with Gasteiger partial charge in [0.1, 0.15) is 0 Å². The van der Waals surface area contributed by atoms with Gasteiger partial charge >= 0.3 is 0 Å². The van der Waals surface area contributed by atoms with Crippen LogP contribution in [0.2, 0.25) is 0 Å². The van der Waals surface area contributed by atoms with Gasteiger partial charge in [0.05, 0.1) is 24.3 Å². The van der Waals surface area contributed by atoms with Gasteiger partial charge in [0.25, 0.3) is 11.6 Å². The van der Waals surface area contributed by atoms with Crippen molar-refractivity contribution in [3.63, 3.8) is 0 Å². The number of nitro groups is 1. The molecule has 1 aromatic carbocycles. The first kappa shape index (κ1) is 14.3. The molecule has 120 valence electrons. The van der Waals surface area contributed by atoms with Crippen LogP contribution in [0.1, 0.15) is 21.6 Å². The monoisotopic (exact) mass is 323 g/mol. The van der Waals surface area contributed by atoms with Crippen molar-refractivity contribution in [1.29, 1.82) is 0 Å². The van der Waals surface area contributed by atoms with Gasteiger partial charge in [-0.3, -0.25) is 19.8 Å². The molecule has 1 aliphatic heterocycles. The molecule has 0 spiro atoms. The number of carbonyl (C=O) groups excluding carboxylic acids is 1. The summed E-state index contributed by atoms with van der Waals surface area (Å²) in [7, 11) is 0. The van der Waals surface area contributed by atoms with Crippen LogP contribution < -0.4 is 4.90 Å². The molecular formula is C17H13N3O4. The van der Waals surface area contributed by atoms with Crippen LogP contribution in [-0.2, 0) is 13.1 Å². The number of carbonyl (C=O) groups is 1. The van der Waals surface area contributed by atoms with Crippen LogP contribution >= 0.6 is 0 Å². The Labute approximate surface area is 136 Å². The number of rotatable bonds is 2. The first-order valence-electron chi connectivity index (χ1n) is 7.40. The summed E-state index contributed by atoms with van der Waals surface area (Å²) in [4.78, 5) is 24.7. The molecule has 0 saturated carbocycles. The van der Waals surface area contributed by atoms with Crippen molar-refractivity contribution in [2.45, 2.75) is 13.1 Å². The van der Waals surface area contributed by atoms with Crippen molar-refractivity contribution in [3.05, 3.63) is 81.9 Å². The number of nitrogens with zero attached hydrogens (tertiary/aromatic N) is 3. The first-order chi connectivity index (χ1) is 11.6. The Hall–Kier alpha value is -3.35. The minimum absolute atomic E-state index is 0.0463. The van der Waals surface area contributed by atoms with Crippen LogP contribution in [0.25, 0.3) is 0 Å². The molecule has 3 aromatic rings. The normalized spacial score (nSPS) is 13.1. The van der Waals surface area contributed by atoms with Crippen molar-refractivity contribution in [2.75, 3.05) is 4.90 Å². The molecule has 3 heterocycles. The Kier molecular flexibility index (Phi) is 3.19. The van der Waals surface area contributed by atoms with Crippen LogP contribution in [-0.4, -0.2) is 15.4 Å². The third-order valence-electron chi connectivity index (χ3n) is 4.12. The number of benzene rings is 1. The Morgan fingerprint density at radius 3 is 2.67 bits per heavy atom. The molecule has 0 unspecified atom stereocenters. The van der Waals surface area contributed by atoms with E-state index in [9.17, 15) is 14.9 Å². The molecule has 0 bridgehead atoms. The number of anilines is 1. The molecule has 4 rings (SSSR count). The van der Waals surface area contributed by atoms with Gasteiger partial charge in [-0.15, -0.1) is 0 Å². The summed E-state index contributed by atoms with van der Waals surface area (Å²) in [6, 6.07) is 11.3. The second-order valence-electron chi connectivity index (χ2n) is 5.57. The van der Waals surface area contributed by atoms with E-state index in [2.05, 4.69) is 4.57 Å². The number of aromatic nitrogens is 1. The zero-order valence-electron chi connectivity index (χ0n) is 12.6. The average Bonchev–Trinajstić information content (AvgIpc) is 3.20. The van der Waals surface area contributed by atoms with Crippen LogP contribution in [0.15, 0.2) is 59.3 Å². The molecular weight excluding hydrogens is 310 g/mol. The maximum absolute atomic E-state index is 12.9. The van der Waals surface area contributed by atoms with E-state index in [-0.39, 0.29) is 11.6 Å². The highest BCUT2D eigenvalue weighted by molar-refractivity contribution is 6.05. The van der Waals surface area contributed by atoms with Gasteiger partial charge in [0.15, 0.2) is 0 Å². The Balaban J connectivity index is 1.72. The van der Waals surface area contributed by atoms with Gasteiger partial charge in [-0.1, -0.05) is 0 Å². The van der Waals surface area contributed by atoms with Crippen molar-refractivity contribution >= 4 is 17.5 Å². The molecule has 0 atom stereocenters. The molecule has 0 fully saturated rings. The highest BCUT2D eigenvalue weighted by Crippen LogP contribution is 2.30. The minimum Gasteiger partial charge on any atom is -0.448 e.